The third-order valence-corrected chi connectivity index (χ3v) is 8.09. The molecule has 0 aromatic rings. The van der Waals surface area contributed by atoms with Crippen LogP contribution in [0.3, 0.4) is 0 Å². The smallest absolute Gasteiger partial charge is 0.326 e. The minimum absolute atomic E-state index is 0.141. The third-order valence-electron chi connectivity index (χ3n) is 8.09. The Morgan fingerprint density at radius 3 is 2.07 bits per heavy atom. The first-order valence-electron chi connectivity index (χ1n) is 14.5. The van der Waals surface area contributed by atoms with E-state index in [1.807, 2.05) is 13.8 Å². The van der Waals surface area contributed by atoms with Gasteiger partial charge in [0.25, 0.3) is 0 Å². The molecule has 0 aromatic carbocycles. The first-order chi connectivity index (χ1) is 19.3. The Morgan fingerprint density at radius 2 is 1.59 bits per heavy atom. The molecule has 4 atom stereocenters. The van der Waals surface area contributed by atoms with Gasteiger partial charge in [0.2, 0.25) is 23.6 Å². The number of nitrogens with zero attached hydrogens (tertiary/aromatic N) is 3. The van der Waals surface area contributed by atoms with Crippen LogP contribution in [0.25, 0.3) is 0 Å². The van der Waals surface area contributed by atoms with Crippen molar-refractivity contribution in [2.45, 2.75) is 95.8 Å². The van der Waals surface area contributed by atoms with E-state index in [1.54, 1.807) is 19.0 Å². The predicted molar refractivity (Wildman–Crippen MR) is 150 cm³/mol. The van der Waals surface area contributed by atoms with Gasteiger partial charge < -0.3 is 35.5 Å². The summed E-state index contributed by atoms with van der Waals surface area (Å²) in [5.74, 6) is -4.14. The predicted octanol–water partition coefficient (Wildman–Crippen LogP) is 0.521. The van der Waals surface area contributed by atoms with Crippen molar-refractivity contribution in [1.29, 1.82) is 0 Å². The van der Waals surface area contributed by atoms with Gasteiger partial charge in [0.05, 0.1) is 19.0 Å². The second-order valence-corrected chi connectivity index (χ2v) is 11.8. The van der Waals surface area contributed by atoms with E-state index in [-0.39, 0.29) is 23.7 Å². The summed E-state index contributed by atoms with van der Waals surface area (Å²) in [6.45, 7) is 4.01. The van der Waals surface area contributed by atoms with Crippen LogP contribution in [0.4, 0.5) is 0 Å². The number of likely N-dealkylation sites (tertiary alicyclic amines) is 1. The lowest BCUT2D eigenvalue weighted by Crippen LogP contribution is -2.64. The lowest BCUT2D eigenvalue weighted by Gasteiger charge is -2.44. The van der Waals surface area contributed by atoms with E-state index in [4.69, 9.17) is 5.11 Å². The van der Waals surface area contributed by atoms with Gasteiger partial charge in [0.1, 0.15) is 18.1 Å². The number of nitrogens with one attached hydrogen (secondary N) is 2. The van der Waals surface area contributed by atoms with E-state index in [0.29, 0.717) is 25.8 Å². The van der Waals surface area contributed by atoms with Gasteiger partial charge in [-0.2, -0.15) is 0 Å². The quantitative estimate of drug-likeness (QED) is 0.215. The van der Waals surface area contributed by atoms with E-state index in [1.165, 1.54) is 11.9 Å². The maximum atomic E-state index is 13.7. The number of carboxylic acids is 2. The highest BCUT2D eigenvalue weighted by Crippen LogP contribution is 2.30. The van der Waals surface area contributed by atoms with Crippen molar-refractivity contribution >= 4 is 35.6 Å². The van der Waals surface area contributed by atoms with Crippen LogP contribution in [0.15, 0.2) is 0 Å². The van der Waals surface area contributed by atoms with Crippen LogP contribution in [-0.2, 0) is 28.8 Å². The van der Waals surface area contributed by atoms with Gasteiger partial charge in [0, 0.05) is 20.6 Å². The molecule has 0 radical (unpaired) electrons. The molecular formula is C28H47N5O8. The summed E-state index contributed by atoms with van der Waals surface area (Å²) in [6, 6.07) is -3.58. The Balaban J connectivity index is 2.17. The molecule has 1 saturated carbocycles. The molecule has 0 spiro atoms. The molecule has 41 heavy (non-hydrogen) atoms. The fourth-order valence-corrected chi connectivity index (χ4v) is 5.64. The van der Waals surface area contributed by atoms with Crippen molar-refractivity contribution in [3.63, 3.8) is 0 Å². The van der Waals surface area contributed by atoms with E-state index < -0.39 is 60.9 Å². The molecule has 4 N–H and O–H groups in total. The lowest BCUT2D eigenvalue weighted by atomic mass is 9.84. The Kier molecular flexibility index (Phi) is 13.0. The third kappa shape index (κ3) is 9.68. The standard InChI is InChI=1S/C28H47N5O8/c1-17(2)13-19(29-3)25(37)33-12-11-21(33)27(39)32(5)22(14-18-9-7-6-8-10-18)26(38)31(4)16-23(34)30-20(28(40)41)15-24(35)36/h17-22,29H,6-16H2,1-5H3,(H,30,34)(H,35,36)(H,40,41)/t19-,20-,21-,22-/m0/s1. The second-order valence-electron chi connectivity index (χ2n) is 11.8. The number of carbonyl (C=O) groups excluding carboxylic acids is 4. The number of carbonyl (C=O) groups is 6. The highest BCUT2D eigenvalue weighted by molar-refractivity contribution is 5.95. The largest absolute Gasteiger partial charge is 0.481 e. The number of rotatable bonds is 15. The van der Waals surface area contributed by atoms with Gasteiger partial charge in [-0.05, 0) is 38.1 Å². The van der Waals surface area contributed by atoms with Crippen LogP contribution in [-0.4, -0.2) is 119 Å². The molecule has 1 saturated heterocycles. The number of hydrogen-bond acceptors (Lipinski definition) is 7. The first kappa shape index (κ1) is 34.0. The zero-order chi connectivity index (χ0) is 30.9. The highest BCUT2D eigenvalue weighted by Gasteiger charge is 2.44. The molecule has 1 heterocycles. The molecule has 13 nitrogen and oxygen atoms in total. The zero-order valence-electron chi connectivity index (χ0n) is 24.9. The van der Waals surface area contributed by atoms with Crippen molar-refractivity contribution < 1.29 is 39.0 Å². The maximum absolute atomic E-state index is 13.7. The maximum Gasteiger partial charge on any atom is 0.326 e. The van der Waals surface area contributed by atoms with Gasteiger partial charge >= 0.3 is 11.9 Å². The average Bonchev–Trinajstić information content (AvgIpc) is 2.88. The lowest BCUT2D eigenvalue weighted by molar-refractivity contribution is -0.157. The van der Waals surface area contributed by atoms with Crippen molar-refractivity contribution in [3.8, 4) is 0 Å². The van der Waals surface area contributed by atoms with E-state index >= 15 is 0 Å². The summed E-state index contributed by atoms with van der Waals surface area (Å²) in [4.78, 5) is 79.4. The van der Waals surface area contributed by atoms with Gasteiger partial charge in [-0.25, -0.2) is 4.79 Å². The number of amides is 4. The van der Waals surface area contributed by atoms with E-state index in [0.717, 1.165) is 37.0 Å². The van der Waals surface area contributed by atoms with E-state index in [9.17, 15) is 33.9 Å². The number of carboxylic acid groups (broad SMARTS) is 2. The molecule has 1 aliphatic heterocycles. The van der Waals surface area contributed by atoms with Crippen molar-refractivity contribution in [1.82, 2.24) is 25.3 Å². The van der Waals surface area contributed by atoms with Crippen LogP contribution in [0, 0.1) is 11.8 Å². The van der Waals surface area contributed by atoms with Gasteiger partial charge in [-0.1, -0.05) is 46.0 Å². The summed E-state index contributed by atoms with van der Waals surface area (Å²) in [5.41, 5.74) is 0. The monoisotopic (exact) mass is 581 g/mol. The van der Waals surface area contributed by atoms with Crippen LogP contribution in [0.1, 0.15) is 71.6 Å². The summed E-state index contributed by atoms with van der Waals surface area (Å²) in [7, 11) is 4.67. The molecule has 0 bridgehead atoms. The molecular weight excluding hydrogens is 534 g/mol. The Bertz CT molecular complexity index is 967. The van der Waals surface area contributed by atoms with Crippen LogP contribution in [0.2, 0.25) is 0 Å². The van der Waals surface area contributed by atoms with Crippen molar-refractivity contribution in [3.05, 3.63) is 0 Å². The average molecular weight is 582 g/mol. The van der Waals surface area contributed by atoms with Gasteiger partial charge in [-0.3, -0.25) is 24.0 Å². The molecule has 1 aliphatic carbocycles. The van der Waals surface area contributed by atoms with Gasteiger partial charge in [-0.15, -0.1) is 0 Å². The molecule has 2 aliphatic rings. The Labute approximate surface area is 242 Å². The minimum atomic E-state index is -1.63. The minimum Gasteiger partial charge on any atom is -0.481 e. The summed E-state index contributed by atoms with van der Waals surface area (Å²) in [5, 5.41) is 23.3. The molecule has 2 rings (SSSR count). The second kappa shape index (κ2) is 15.7. The Hall–Kier alpha value is -3.22. The van der Waals surface area contributed by atoms with E-state index in [2.05, 4.69) is 10.6 Å². The topological polar surface area (TPSA) is 177 Å². The Morgan fingerprint density at radius 1 is 0.951 bits per heavy atom. The SMILES string of the molecule is CN[C@@H](CC(C)C)C(=O)N1CC[C@H]1C(=O)N(C)[C@@H](CC1CCCCC1)C(=O)N(C)CC(=O)N[C@@H](CC(=O)O)C(=O)O. The first-order valence-corrected chi connectivity index (χ1v) is 14.5. The number of likely N-dealkylation sites (N-methyl/N-ethyl adjacent to an activating group) is 3. The number of aliphatic carboxylic acids is 2. The fourth-order valence-electron chi connectivity index (χ4n) is 5.64. The molecule has 0 unspecified atom stereocenters. The van der Waals surface area contributed by atoms with Crippen LogP contribution >= 0.6 is 0 Å². The van der Waals surface area contributed by atoms with Crippen LogP contribution in [0.5, 0.6) is 0 Å². The fraction of sp³-hybridized carbons (Fsp3) is 0.786. The molecule has 2 fully saturated rings. The summed E-state index contributed by atoms with van der Waals surface area (Å²) >= 11 is 0. The number of hydrogen-bond donors (Lipinski definition) is 4. The summed E-state index contributed by atoms with van der Waals surface area (Å²) in [6.07, 6.45) is 5.79. The van der Waals surface area contributed by atoms with Gasteiger partial charge in [0.15, 0.2) is 0 Å². The molecule has 0 aromatic heterocycles. The molecule has 232 valence electrons. The summed E-state index contributed by atoms with van der Waals surface area (Å²) < 4.78 is 0. The zero-order valence-corrected chi connectivity index (χ0v) is 24.9. The molecule has 13 heteroatoms. The molecule has 4 amide bonds. The van der Waals surface area contributed by atoms with Crippen molar-refractivity contribution in [2.75, 3.05) is 34.2 Å². The highest BCUT2D eigenvalue weighted by atomic mass is 16.4. The van der Waals surface area contributed by atoms with Crippen molar-refractivity contribution in [2.24, 2.45) is 11.8 Å². The normalized spacial score (nSPS) is 19.5. The van der Waals surface area contributed by atoms with Crippen LogP contribution < -0.4 is 10.6 Å².